The minimum absolute atomic E-state index is 0.168. The van der Waals surface area contributed by atoms with Crippen molar-refractivity contribution in [2.24, 2.45) is 0 Å². The van der Waals surface area contributed by atoms with Crippen LogP contribution in [0.5, 0.6) is 0 Å². The van der Waals surface area contributed by atoms with Crippen LogP contribution < -0.4 is 0 Å². The summed E-state index contributed by atoms with van der Waals surface area (Å²) in [5.41, 5.74) is 0.965. The number of rotatable bonds is 3. The van der Waals surface area contributed by atoms with E-state index < -0.39 is 0 Å². The van der Waals surface area contributed by atoms with Crippen molar-refractivity contribution < 1.29 is 9.53 Å². The molecule has 0 aromatic heterocycles. The molecule has 0 radical (unpaired) electrons. The molecule has 1 aromatic carbocycles. The average Bonchev–Trinajstić information content (AvgIpc) is 2.30. The number of Topliss-reactive ketones (excluding diaryl/α,β-unsaturated/α-hetero) is 1. The lowest BCUT2D eigenvalue weighted by atomic mass is 10.00. The molecule has 1 atom stereocenters. The highest BCUT2D eigenvalue weighted by Gasteiger charge is 2.21. The Bertz CT molecular complexity index is 370. The first kappa shape index (κ1) is 11.6. The largest absolute Gasteiger partial charge is 0.370 e. The maximum atomic E-state index is 11.9. The summed E-state index contributed by atoms with van der Waals surface area (Å²) in [5.74, 6) is 0.168. The third kappa shape index (κ3) is 3.06. The van der Waals surface area contributed by atoms with Crippen LogP contribution in [0.3, 0.4) is 0 Å². The fraction of sp³-hybridized carbons (Fsp3) is 0.462. The second kappa shape index (κ2) is 5.46. The number of hydrogen-bond acceptors (Lipinski definition) is 2. The summed E-state index contributed by atoms with van der Waals surface area (Å²) in [5, 5.41) is 0.676. The molecule has 2 rings (SSSR count). The molecule has 0 aliphatic carbocycles. The summed E-state index contributed by atoms with van der Waals surface area (Å²) in [4.78, 5) is 11.9. The molecule has 0 spiro atoms. The Balaban J connectivity index is 1.96. The van der Waals surface area contributed by atoms with E-state index in [0.29, 0.717) is 18.1 Å². The molecule has 86 valence electrons. The van der Waals surface area contributed by atoms with Gasteiger partial charge in [-0.15, -0.1) is 0 Å². The molecule has 0 amide bonds. The third-order valence-electron chi connectivity index (χ3n) is 2.81. The van der Waals surface area contributed by atoms with Gasteiger partial charge in [-0.05, 0) is 37.0 Å². The number of carbonyl (C=O) groups is 1. The molecule has 2 nitrogen and oxygen atoms in total. The molecule has 1 saturated heterocycles. The maximum absolute atomic E-state index is 11.9. The SMILES string of the molecule is O=C(Cc1cccc(Cl)c1)C1CCCCO1. The predicted octanol–water partition coefficient (Wildman–Crippen LogP) is 3.02. The van der Waals surface area contributed by atoms with Crippen LogP contribution in [0.15, 0.2) is 24.3 Å². The zero-order valence-electron chi connectivity index (χ0n) is 9.12. The predicted molar refractivity (Wildman–Crippen MR) is 63.8 cm³/mol. The Labute approximate surface area is 101 Å². The highest BCUT2D eigenvalue weighted by Crippen LogP contribution is 2.17. The lowest BCUT2D eigenvalue weighted by Crippen LogP contribution is -2.29. The van der Waals surface area contributed by atoms with Gasteiger partial charge in [0.2, 0.25) is 0 Å². The Morgan fingerprint density at radius 2 is 2.31 bits per heavy atom. The number of halogens is 1. The summed E-state index contributed by atoms with van der Waals surface area (Å²) in [7, 11) is 0. The minimum atomic E-state index is -0.201. The molecule has 1 aromatic rings. The van der Waals surface area contributed by atoms with Gasteiger partial charge in [-0.2, -0.15) is 0 Å². The van der Waals surface area contributed by atoms with Gasteiger partial charge in [-0.3, -0.25) is 4.79 Å². The molecule has 3 heteroatoms. The molecule has 1 heterocycles. The van der Waals surface area contributed by atoms with Crippen LogP contribution in [0, 0.1) is 0 Å². The van der Waals surface area contributed by atoms with Gasteiger partial charge < -0.3 is 4.74 Å². The van der Waals surface area contributed by atoms with Crippen LogP contribution >= 0.6 is 11.6 Å². The monoisotopic (exact) mass is 238 g/mol. The quantitative estimate of drug-likeness (QED) is 0.809. The van der Waals surface area contributed by atoms with Crippen molar-refractivity contribution in [2.45, 2.75) is 31.8 Å². The Kier molecular flexibility index (Phi) is 3.97. The van der Waals surface area contributed by atoms with Gasteiger partial charge in [-0.1, -0.05) is 23.7 Å². The van der Waals surface area contributed by atoms with Gasteiger partial charge in [0.15, 0.2) is 5.78 Å². The van der Waals surface area contributed by atoms with Crippen LogP contribution in [0.1, 0.15) is 24.8 Å². The second-order valence-electron chi connectivity index (χ2n) is 4.13. The molecule has 16 heavy (non-hydrogen) atoms. The number of benzene rings is 1. The first-order valence-electron chi connectivity index (χ1n) is 5.64. The van der Waals surface area contributed by atoms with Gasteiger partial charge >= 0.3 is 0 Å². The van der Waals surface area contributed by atoms with Crippen molar-refractivity contribution in [1.29, 1.82) is 0 Å². The van der Waals surface area contributed by atoms with Crippen molar-refractivity contribution >= 4 is 17.4 Å². The van der Waals surface area contributed by atoms with Gasteiger partial charge in [0.1, 0.15) is 6.10 Å². The summed E-state index contributed by atoms with van der Waals surface area (Å²) in [6.45, 7) is 0.714. The van der Waals surface area contributed by atoms with Crippen LogP contribution in [0.2, 0.25) is 5.02 Å². The van der Waals surface area contributed by atoms with E-state index in [-0.39, 0.29) is 11.9 Å². The van der Waals surface area contributed by atoms with Crippen molar-refractivity contribution in [3.8, 4) is 0 Å². The number of hydrogen-bond donors (Lipinski definition) is 0. The van der Waals surface area contributed by atoms with Crippen LogP contribution in [-0.4, -0.2) is 18.5 Å². The van der Waals surface area contributed by atoms with Crippen LogP contribution in [-0.2, 0) is 16.0 Å². The van der Waals surface area contributed by atoms with E-state index in [0.717, 1.165) is 24.8 Å². The smallest absolute Gasteiger partial charge is 0.165 e. The van der Waals surface area contributed by atoms with E-state index in [2.05, 4.69) is 0 Å². The lowest BCUT2D eigenvalue weighted by Gasteiger charge is -2.21. The normalized spacial score (nSPS) is 20.7. The van der Waals surface area contributed by atoms with Gasteiger partial charge in [0.05, 0.1) is 0 Å². The molecular weight excluding hydrogens is 224 g/mol. The Morgan fingerprint density at radius 3 is 3.00 bits per heavy atom. The van der Waals surface area contributed by atoms with Crippen molar-refractivity contribution in [2.75, 3.05) is 6.61 Å². The third-order valence-corrected chi connectivity index (χ3v) is 3.04. The molecule has 0 saturated carbocycles. The number of ketones is 1. The minimum Gasteiger partial charge on any atom is -0.370 e. The zero-order valence-corrected chi connectivity index (χ0v) is 9.87. The van der Waals surface area contributed by atoms with Crippen molar-refractivity contribution in [3.63, 3.8) is 0 Å². The molecule has 1 aliphatic heterocycles. The van der Waals surface area contributed by atoms with Crippen molar-refractivity contribution in [3.05, 3.63) is 34.9 Å². The molecule has 1 aliphatic rings. The van der Waals surface area contributed by atoms with E-state index >= 15 is 0 Å². The van der Waals surface area contributed by atoms with E-state index in [4.69, 9.17) is 16.3 Å². The summed E-state index contributed by atoms with van der Waals surface area (Å²) in [6.07, 6.45) is 3.24. The van der Waals surface area contributed by atoms with E-state index in [9.17, 15) is 4.79 Å². The highest BCUT2D eigenvalue weighted by molar-refractivity contribution is 6.30. The lowest BCUT2D eigenvalue weighted by molar-refractivity contribution is -0.132. The Hall–Kier alpha value is -0.860. The molecule has 0 N–H and O–H groups in total. The fourth-order valence-corrected chi connectivity index (χ4v) is 2.17. The van der Waals surface area contributed by atoms with E-state index in [1.165, 1.54) is 0 Å². The summed E-state index contributed by atoms with van der Waals surface area (Å²) < 4.78 is 5.46. The topological polar surface area (TPSA) is 26.3 Å². The first-order chi connectivity index (χ1) is 7.75. The second-order valence-corrected chi connectivity index (χ2v) is 4.56. The molecule has 0 bridgehead atoms. The zero-order chi connectivity index (χ0) is 11.4. The number of carbonyl (C=O) groups excluding carboxylic acids is 1. The van der Waals surface area contributed by atoms with E-state index in [1.807, 2.05) is 24.3 Å². The summed E-state index contributed by atoms with van der Waals surface area (Å²) >= 11 is 5.87. The Morgan fingerprint density at radius 1 is 1.44 bits per heavy atom. The molecule has 1 fully saturated rings. The fourth-order valence-electron chi connectivity index (χ4n) is 1.96. The van der Waals surface area contributed by atoms with Gasteiger partial charge in [-0.25, -0.2) is 0 Å². The average molecular weight is 239 g/mol. The highest BCUT2D eigenvalue weighted by atomic mass is 35.5. The number of ether oxygens (including phenoxy) is 1. The molecule has 1 unspecified atom stereocenters. The van der Waals surface area contributed by atoms with Gasteiger partial charge in [0, 0.05) is 18.1 Å². The molecular formula is C13H15ClO2. The summed E-state index contributed by atoms with van der Waals surface area (Å²) in [6, 6.07) is 7.44. The van der Waals surface area contributed by atoms with Gasteiger partial charge in [0.25, 0.3) is 0 Å². The standard InChI is InChI=1S/C13H15ClO2/c14-11-5-3-4-10(8-11)9-12(15)13-6-1-2-7-16-13/h3-5,8,13H,1-2,6-7,9H2. The first-order valence-corrected chi connectivity index (χ1v) is 6.02. The van der Waals surface area contributed by atoms with Crippen LogP contribution in [0.4, 0.5) is 0 Å². The van der Waals surface area contributed by atoms with E-state index in [1.54, 1.807) is 0 Å². The van der Waals surface area contributed by atoms with Crippen LogP contribution in [0.25, 0.3) is 0 Å². The maximum Gasteiger partial charge on any atom is 0.165 e. The van der Waals surface area contributed by atoms with Crippen molar-refractivity contribution in [1.82, 2.24) is 0 Å².